The van der Waals surface area contributed by atoms with Gasteiger partial charge in [0.05, 0.1) is 16.3 Å². The molecule has 106 valence electrons. The van der Waals surface area contributed by atoms with Crippen LogP contribution in [0.4, 0.5) is 10.7 Å². The lowest BCUT2D eigenvalue weighted by Crippen LogP contribution is -2.15. The summed E-state index contributed by atoms with van der Waals surface area (Å²) in [7, 11) is 1.74. The third-order valence-corrected chi connectivity index (χ3v) is 4.11. The number of anilines is 1. The quantitative estimate of drug-likeness (QED) is 0.480. The summed E-state index contributed by atoms with van der Waals surface area (Å²) in [6, 6.07) is 5.00. The van der Waals surface area contributed by atoms with Crippen LogP contribution in [0.2, 0.25) is 0 Å². The number of nitrogens with zero attached hydrogens (tertiary/aromatic N) is 2. The Balaban J connectivity index is 2.30. The van der Waals surface area contributed by atoms with Crippen molar-refractivity contribution >= 4 is 27.8 Å². The summed E-state index contributed by atoms with van der Waals surface area (Å²) in [5.74, 6) is 1.34. The molecule has 0 N–H and O–H groups in total. The Morgan fingerprint density at radius 1 is 1.50 bits per heavy atom. The Labute approximate surface area is 119 Å². The predicted molar refractivity (Wildman–Crippen MR) is 76.5 cm³/mol. The van der Waals surface area contributed by atoms with Crippen molar-refractivity contribution in [3.63, 3.8) is 0 Å². The number of carbonyl (C=O) groups is 1. The molecular weight excluding hydrogens is 280 g/mol. The van der Waals surface area contributed by atoms with Gasteiger partial charge in [-0.15, -0.1) is 11.3 Å². The molecule has 20 heavy (non-hydrogen) atoms. The molecule has 0 bridgehead atoms. The van der Waals surface area contributed by atoms with Gasteiger partial charge in [0.15, 0.2) is 10.8 Å². The molecule has 0 aliphatic carbocycles. The van der Waals surface area contributed by atoms with Crippen molar-refractivity contribution in [2.45, 2.75) is 20.4 Å². The SMILES string of the molecule is CC(=O)c1cc([N+](=O)[O-])c(N(C)Cc2ccc(C)o2)s1. The molecule has 0 spiro atoms. The predicted octanol–water partition coefficient (Wildman–Crippen LogP) is 3.40. The van der Waals surface area contributed by atoms with Crippen LogP contribution in [-0.4, -0.2) is 17.8 Å². The molecular formula is C13H14N2O4S. The van der Waals surface area contributed by atoms with E-state index >= 15 is 0 Å². The third-order valence-electron chi connectivity index (χ3n) is 2.77. The Bertz CT molecular complexity index is 659. The van der Waals surface area contributed by atoms with Gasteiger partial charge in [-0.05, 0) is 26.0 Å². The van der Waals surface area contributed by atoms with Crippen molar-refractivity contribution in [3.05, 3.63) is 44.7 Å². The van der Waals surface area contributed by atoms with Gasteiger partial charge in [-0.1, -0.05) is 0 Å². The highest BCUT2D eigenvalue weighted by atomic mass is 32.1. The molecule has 0 unspecified atom stereocenters. The number of ketones is 1. The highest BCUT2D eigenvalue weighted by molar-refractivity contribution is 7.18. The molecule has 0 saturated heterocycles. The smallest absolute Gasteiger partial charge is 0.304 e. The zero-order valence-corrected chi connectivity index (χ0v) is 12.2. The Hall–Kier alpha value is -2.15. The first kappa shape index (κ1) is 14.3. The van der Waals surface area contributed by atoms with Gasteiger partial charge in [-0.2, -0.15) is 0 Å². The second-order valence-corrected chi connectivity index (χ2v) is 5.51. The lowest BCUT2D eigenvalue weighted by molar-refractivity contribution is -0.383. The standard InChI is InChI=1S/C13H14N2O4S/c1-8-4-5-10(19-8)7-14(3)13-11(15(17)18)6-12(20-13)9(2)16/h4-6H,7H2,1-3H3. The van der Waals surface area contributed by atoms with Gasteiger partial charge >= 0.3 is 5.69 Å². The average molecular weight is 294 g/mol. The summed E-state index contributed by atoms with van der Waals surface area (Å²) in [5.41, 5.74) is -0.0500. The summed E-state index contributed by atoms with van der Waals surface area (Å²) in [6.07, 6.45) is 0. The number of hydrogen-bond donors (Lipinski definition) is 0. The van der Waals surface area contributed by atoms with Crippen molar-refractivity contribution in [2.75, 3.05) is 11.9 Å². The molecule has 7 heteroatoms. The van der Waals surface area contributed by atoms with E-state index in [-0.39, 0.29) is 11.5 Å². The summed E-state index contributed by atoms with van der Waals surface area (Å²) >= 11 is 1.12. The lowest BCUT2D eigenvalue weighted by atomic mass is 10.3. The Morgan fingerprint density at radius 3 is 2.70 bits per heavy atom. The van der Waals surface area contributed by atoms with Crippen molar-refractivity contribution in [1.29, 1.82) is 0 Å². The van der Waals surface area contributed by atoms with E-state index in [0.29, 0.717) is 16.4 Å². The number of furan rings is 1. The highest BCUT2D eigenvalue weighted by Gasteiger charge is 2.24. The lowest BCUT2D eigenvalue weighted by Gasteiger charge is -2.14. The van der Waals surface area contributed by atoms with Gasteiger partial charge in [0.25, 0.3) is 0 Å². The molecule has 0 atom stereocenters. The fourth-order valence-electron chi connectivity index (χ4n) is 1.83. The van der Waals surface area contributed by atoms with Gasteiger partial charge in [-0.25, -0.2) is 0 Å². The van der Waals surface area contributed by atoms with Gasteiger partial charge in [0, 0.05) is 13.1 Å². The van der Waals surface area contributed by atoms with E-state index in [9.17, 15) is 14.9 Å². The number of hydrogen-bond acceptors (Lipinski definition) is 6. The first-order chi connectivity index (χ1) is 9.38. The average Bonchev–Trinajstić information content (AvgIpc) is 2.95. The van der Waals surface area contributed by atoms with Gasteiger partial charge in [0.2, 0.25) is 0 Å². The largest absolute Gasteiger partial charge is 0.464 e. The number of aryl methyl sites for hydroxylation is 1. The molecule has 0 radical (unpaired) electrons. The van der Waals surface area contributed by atoms with E-state index < -0.39 is 4.92 Å². The Morgan fingerprint density at radius 2 is 2.20 bits per heavy atom. The molecule has 2 heterocycles. The molecule has 0 fully saturated rings. The molecule has 0 aliphatic rings. The molecule has 6 nitrogen and oxygen atoms in total. The Kier molecular flexibility index (Phi) is 3.89. The van der Waals surface area contributed by atoms with E-state index in [4.69, 9.17) is 4.42 Å². The number of rotatable bonds is 5. The van der Waals surface area contributed by atoms with E-state index in [1.807, 2.05) is 19.1 Å². The summed E-state index contributed by atoms with van der Waals surface area (Å²) in [5, 5.41) is 11.5. The fraction of sp³-hybridized carbons (Fsp3) is 0.308. The summed E-state index contributed by atoms with van der Waals surface area (Å²) in [6.45, 7) is 3.65. The van der Waals surface area contributed by atoms with Gasteiger partial charge in [0.1, 0.15) is 11.5 Å². The van der Waals surface area contributed by atoms with Crippen LogP contribution in [-0.2, 0) is 6.54 Å². The van der Waals surface area contributed by atoms with Crippen LogP contribution in [0.3, 0.4) is 0 Å². The maximum Gasteiger partial charge on any atom is 0.304 e. The van der Waals surface area contributed by atoms with Crippen LogP contribution in [0.15, 0.2) is 22.6 Å². The van der Waals surface area contributed by atoms with Crippen LogP contribution in [0.25, 0.3) is 0 Å². The fourth-order valence-corrected chi connectivity index (χ4v) is 2.81. The van der Waals surface area contributed by atoms with Crippen molar-refractivity contribution < 1.29 is 14.1 Å². The van der Waals surface area contributed by atoms with Crippen LogP contribution < -0.4 is 4.90 Å². The van der Waals surface area contributed by atoms with Crippen molar-refractivity contribution in [3.8, 4) is 0 Å². The van der Waals surface area contributed by atoms with Crippen molar-refractivity contribution in [2.24, 2.45) is 0 Å². The van der Waals surface area contributed by atoms with Crippen LogP contribution in [0.1, 0.15) is 28.1 Å². The van der Waals surface area contributed by atoms with Gasteiger partial charge in [-0.3, -0.25) is 14.9 Å². The number of thiophene rings is 1. The second kappa shape index (κ2) is 5.46. The van der Waals surface area contributed by atoms with Crippen LogP contribution in [0, 0.1) is 17.0 Å². The third kappa shape index (κ3) is 2.88. The van der Waals surface area contributed by atoms with E-state index in [0.717, 1.165) is 22.9 Å². The molecule has 2 aromatic heterocycles. The minimum absolute atomic E-state index is 0.0500. The molecule has 2 aromatic rings. The van der Waals surface area contributed by atoms with Gasteiger partial charge < -0.3 is 9.32 Å². The number of nitro groups is 1. The molecule has 0 saturated carbocycles. The zero-order chi connectivity index (χ0) is 14.9. The monoisotopic (exact) mass is 294 g/mol. The normalized spacial score (nSPS) is 10.6. The molecule has 0 amide bonds. The summed E-state index contributed by atoms with van der Waals surface area (Å²) < 4.78 is 5.46. The zero-order valence-electron chi connectivity index (χ0n) is 11.4. The molecule has 0 aromatic carbocycles. The number of Topliss-reactive ketones (excluding diaryl/α,β-unsaturated/α-hetero) is 1. The van der Waals surface area contributed by atoms with E-state index in [1.54, 1.807) is 11.9 Å². The van der Waals surface area contributed by atoms with Crippen LogP contribution >= 0.6 is 11.3 Å². The number of carbonyl (C=O) groups excluding carboxylic acids is 1. The van der Waals surface area contributed by atoms with Crippen LogP contribution in [0.5, 0.6) is 0 Å². The first-order valence-corrected chi connectivity index (χ1v) is 6.75. The molecule has 2 rings (SSSR count). The molecule has 0 aliphatic heterocycles. The topological polar surface area (TPSA) is 76.6 Å². The van der Waals surface area contributed by atoms with E-state index in [2.05, 4.69) is 0 Å². The minimum atomic E-state index is -0.470. The first-order valence-electron chi connectivity index (χ1n) is 5.94. The van der Waals surface area contributed by atoms with E-state index in [1.165, 1.54) is 13.0 Å². The second-order valence-electron chi connectivity index (χ2n) is 4.48. The van der Waals surface area contributed by atoms with Crippen molar-refractivity contribution in [1.82, 2.24) is 0 Å². The minimum Gasteiger partial charge on any atom is -0.464 e. The maximum absolute atomic E-state index is 11.4. The highest BCUT2D eigenvalue weighted by Crippen LogP contribution is 2.37. The maximum atomic E-state index is 11.4. The summed E-state index contributed by atoms with van der Waals surface area (Å²) in [4.78, 5) is 24.1.